The third-order valence-corrected chi connectivity index (χ3v) is 3.15. The van der Waals surface area contributed by atoms with Crippen LogP contribution in [0.2, 0.25) is 0 Å². The molecular formula is C17H12F3NO5. The van der Waals surface area contributed by atoms with Crippen molar-refractivity contribution in [2.75, 3.05) is 7.11 Å². The normalized spacial score (nSPS) is 12.8. The Labute approximate surface area is 145 Å². The first-order chi connectivity index (χ1) is 12.3. The van der Waals surface area contributed by atoms with Gasteiger partial charge in [-0.3, -0.25) is 9.79 Å². The number of esters is 1. The highest BCUT2D eigenvalue weighted by atomic mass is 19.4. The van der Waals surface area contributed by atoms with E-state index in [-0.39, 0.29) is 17.0 Å². The van der Waals surface area contributed by atoms with Crippen molar-refractivity contribution in [2.45, 2.75) is 6.18 Å². The summed E-state index contributed by atoms with van der Waals surface area (Å²) < 4.78 is 47.8. The van der Waals surface area contributed by atoms with Gasteiger partial charge in [0.1, 0.15) is 0 Å². The van der Waals surface area contributed by atoms with Crippen LogP contribution in [0.5, 0.6) is 0 Å². The molecule has 0 aliphatic rings. The van der Waals surface area contributed by atoms with E-state index in [2.05, 4.69) is 9.73 Å². The molecule has 0 radical (unpaired) electrons. The summed E-state index contributed by atoms with van der Waals surface area (Å²) in [7, 11) is 1.13. The Morgan fingerprint density at radius 2 is 1.88 bits per heavy atom. The minimum atomic E-state index is -5.25. The maximum absolute atomic E-state index is 12.8. The number of hydrogen-bond donors (Lipinski definition) is 1. The van der Waals surface area contributed by atoms with Gasteiger partial charge in [-0.1, -0.05) is 12.1 Å². The quantitative estimate of drug-likeness (QED) is 0.375. The molecule has 0 saturated carbocycles. The van der Waals surface area contributed by atoms with Crippen molar-refractivity contribution in [1.82, 2.24) is 0 Å². The number of rotatable bonds is 5. The van der Waals surface area contributed by atoms with Crippen LogP contribution < -0.4 is 0 Å². The number of allylic oxidation sites excluding steroid dienone is 1. The lowest BCUT2D eigenvalue weighted by Crippen LogP contribution is -2.26. The largest absolute Gasteiger partial charge is 0.504 e. The second kappa shape index (κ2) is 7.68. The smallest absolute Gasteiger partial charge is 0.455 e. The van der Waals surface area contributed by atoms with Crippen molar-refractivity contribution in [3.8, 4) is 0 Å². The van der Waals surface area contributed by atoms with Gasteiger partial charge in [0.2, 0.25) is 0 Å². The zero-order valence-corrected chi connectivity index (χ0v) is 13.3. The second-order valence-electron chi connectivity index (χ2n) is 4.83. The molecule has 2 rings (SSSR count). The number of aliphatic hydroxyl groups excluding tert-OH is 1. The maximum Gasteiger partial charge on any atom is 0.455 e. The number of hydrogen-bond acceptors (Lipinski definition) is 6. The molecule has 1 N–H and O–H groups in total. The maximum atomic E-state index is 12.8. The molecule has 0 fully saturated rings. The number of carbonyl (C=O) groups is 2. The highest BCUT2D eigenvalue weighted by Crippen LogP contribution is 2.26. The van der Waals surface area contributed by atoms with Gasteiger partial charge < -0.3 is 14.3 Å². The molecule has 0 saturated heterocycles. The third kappa shape index (κ3) is 4.18. The second-order valence-corrected chi connectivity index (χ2v) is 4.83. The number of carbonyl (C=O) groups excluding carboxylic acids is 2. The van der Waals surface area contributed by atoms with E-state index in [4.69, 9.17) is 4.42 Å². The van der Waals surface area contributed by atoms with E-state index in [1.165, 1.54) is 36.4 Å². The molecule has 0 aliphatic heterocycles. The summed E-state index contributed by atoms with van der Waals surface area (Å²) in [6.07, 6.45) is -3.61. The Balaban J connectivity index is 2.53. The standard InChI is InChI=1S/C17H12F3NO5/c1-25-16(24)10-5-2-3-6-12(10)21-9-11(15(23)17(18,19)20)14(22)13-7-4-8-26-13/h2-9,22H,1H3. The number of para-hydroxylation sites is 1. The summed E-state index contributed by atoms with van der Waals surface area (Å²) in [6, 6.07) is 8.17. The Morgan fingerprint density at radius 3 is 2.46 bits per heavy atom. The summed E-state index contributed by atoms with van der Waals surface area (Å²) >= 11 is 0. The van der Waals surface area contributed by atoms with Gasteiger partial charge in [0.05, 0.1) is 30.2 Å². The molecule has 1 heterocycles. The number of nitrogens with zero attached hydrogens (tertiary/aromatic N) is 1. The molecule has 0 spiro atoms. The van der Waals surface area contributed by atoms with Crippen LogP contribution in [0.1, 0.15) is 16.1 Å². The number of alkyl halides is 3. The first-order valence-corrected chi connectivity index (χ1v) is 7.05. The Morgan fingerprint density at radius 1 is 1.19 bits per heavy atom. The number of ether oxygens (including phenoxy) is 1. The highest BCUT2D eigenvalue weighted by Gasteiger charge is 2.42. The molecule has 0 unspecified atom stereocenters. The lowest BCUT2D eigenvalue weighted by Gasteiger charge is -2.08. The number of benzene rings is 1. The van der Waals surface area contributed by atoms with Gasteiger partial charge in [0.25, 0.3) is 5.78 Å². The Bertz CT molecular complexity index is 867. The number of aliphatic hydroxyl groups is 1. The molecule has 0 atom stereocenters. The molecule has 26 heavy (non-hydrogen) atoms. The number of ketones is 1. The summed E-state index contributed by atoms with van der Waals surface area (Å²) in [5.41, 5.74) is -1.20. The lowest BCUT2D eigenvalue weighted by molar-refractivity contribution is -0.165. The molecule has 136 valence electrons. The van der Waals surface area contributed by atoms with E-state index in [9.17, 15) is 27.9 Å². The van der Waals surface area contributed by atoms with Gasteiger partial charge in [0.15, 0.2) is 11.5 Å². The Kier molecular flexibility index (Phi) is 5.61. The van der Waals surface area contributed by atoms with Gasteiger partial charge in [-0.05, 0) is 24.3 Å². The van der Waals surface area contributed by atoms with Crippen molar-refractivity contribution in [1.29, 1.82) is 0 Å². The number of methoxy groups -OCH3 is 1. The number of aliphatic imine (C=N–C) groups is 1. The zero-order valence-electron chi connectivity index (χ0n) is 13.3. The molecule has 9 heteroatoms. The van der Waals surface area contributed by atoms with E-state index < -0.39 is 29.3 Å². The van der Waals surface area contributed by atoms with Crippen LogP contribution in [0.4, 0.5) is 18.9 Å². The lowest BCUT2D eigenvalue weighted by atomic mass is 10.1. The van der Waals surface area contributed by atoms with E-state index in [0.717, 1.165) is 13.4 Å². The van der Waals surface area contributed by atoms with E-state index in [0.29, 0.717) is 6.21 Å². The van der Waals surface area contributed by atoms with Crippen molar-refractivity contribution in [3.05, 3.63) is 59.6 Å². The van der Waals surface area contributed by atoms with E-state index in [1.54, 1.807) is 0 Å². The predicted octanol–water partition coefficient (Wildman–Crippen LogP) is 3.87. The van der Waals surface area contributed by atoms with Crippen molar-refractivity contribution in [3.63, 3.8) is 0 Å². The summed E-state index contributed by atoms with van der Waals surface area (Å²) in [5.74, 6) is -4.45. The number of furan rings is 1. The average molecular weight is 367 g/mol. The van der Waals surface area contributed by atoms with Gasteiger partial charge in [0, 0.05) is 6.21 Å². The third-order valence-electron chi connectivity index (χ3n) is 3.15. The van der Waals surface area contributed by atoms with Gasteiger partial charge in [-0.15, -0.1) is 0 Å². The highest BCUT2D eigenvalue weighted by molar-refractivity contribution is 6.20. The molecular weight excluding hydrogens is 355 g/mol. The topological polar surface area (TPSA) is 89.1 Å². The van der Waals surface area contributed by atoms with Crippen molar-refractivity contribution >= 4 is 29.4 Å². The van der Waals surface area contributed by atoms with Crippen LogP contribution in [-0.4, -0.2) is 36.4 Å². The molecule has 1 aromatic heterocycles. The van der Waals surface area contributed by atoms with Crippen LogP contribution >= 0.6 is 0 Å². The fourth-order valence-electron chi connectivity index (χ4n) is 1.93. The van der Waals surface area contributed by atoms with Crippen LogP contribution in [-0.2, 0) is 9.53 Å². The molecule has 0 bridgehead atoms. The van der Waals surface area contributed by atoms with Crippen molar-refractivity contribution < 1.29 is 37.0 Å². The minimum Gasteiger partial charge on any atom is -0.504 e. The van der Waals surface area contributed by atoms with Crippen LogP contribution in [0.25, 0.3) is 5.76 Å². The van der Waals surface area contributed by atoms with E-state index >= 15 is 0 Å². The molecule has 2 aromatic rings. The SMILES string of the molecule is COC(=O)c1ccccc1N=CC(C(=O)C(F)(F)F)=C(O)c1ccco1. The number of halogens is 3. The molecule has 0 aliphatic carbocycles. The fourth-order valence-corrected chi connectivity index (χ4v) is 1.93. The molecule has 0 amide bonds. The first kappa shape index (κ1) is 19.0. The predicted molar refractivity (Wildman–Crippen MR) is 85.3 cm³/mol. The van der Waals surface area contributed by atoms with Crippen LogP contribution in [0, 0.1) is 0 Å². The first-order valence-electron chi connectivity index (χ1n) is 7.05. The summed E-state index contributed by atoms with van der Waals surface area (Å²) in [4.78, 5) is 27.0. The van der Waals surface area contributed by atoms with Crippen LogP contribution in [0.3, 0.4) is 0 Å². The zero-order chi connectivity index (χ0) is 19.3. The van der Waals surface area contributed by atoms with Gasteiger partial charge in [-0.25, -0.2) is 4.79 Å². The summed E-state index contributed by atoms with van der Waals surface area (Å²) in [5, 5.41) is 9.99. The monoisotopic (exact) mass is 367 g/mol. The van der Waals surface area contributed by atoms with E-state index in [1.807, 2.05) is 0 Å². The van der Waals surface area contributed by atoms with Crippen LogP contribution in [0.15, 0.2) is 57.6 Å². The number of Topliss-reactive ketones (excluding diaryl/α,β-unsaturated/α-hetero) is 1. The van der Waals surface area contributed by atoms with Gasteiger partial charge >= 0.3 is 12.1 Å². The Hall–Kier alpha value is -3.36. The van der Waals surface area contributed by atoms with Gasteiger partial charge in [-0.2, -0.15) is 13.2 Å². The average Bonchev–Trinajstić information content (AvgIpc) is 3.15. The summed E-state index contributed by atoms with van der Waals surface area (Å²) in [6.45, 7) is 0. The van der Waals surface area contributed by atoms with Crippen molar-refractivity contribution in [2.24, 2.45) is 4.99 Å². The minimum absolute atomic E-state index is 0.0254. The fraction of sp³-hybridized carbons (Fsp3) is 0.118. The molecule has 1 aromatic carbocycles. The molecule has 6 nitrogen and oxygen atoms in total.